The van der Waals surface area contributed by atoms with Gasteiger partial charge in [0.2, 0.25) is 5.91 Å². The first-order valence-electron chi connectivity index (χ1n) is 6.94. The maximum atomic E-state index is 11.9. The summed E-state index contributed by atoms with van der Waals surface area (Å²) in [5.41, 5.74) is 3.73. The molecule has 0 aromatic heterocycles. The lowest BCUT2D eigenvalue weighted by Gasteiger charge is -2.21. The molecule has 0 aliphatic heterocycles. The quantitative estimate of drug-likeness (QED) is 0.856. The highest BCUT2D eigenvalue weighted by Gasteiger charge is 2.16. The molecule has 0 fully saturated rings. The SMILES string of the molecule is Cc1cc(C)cc(C(C)NC(C)C(=O)NC(C)C)c1. The highest BCUT2D eigenvalue weighted by Crippen LogP contribution is 2.17. The van der Waals surface area contributed by atoms with Gasteiger partial charge in [0.05, 0.1) is 6.04 Å². The predicted molar refractivity (Wildman–Crippen MR) is 80.2 cm³/mol. The summed E-state index contributed by atoms with van der Waals surface area (Å²) in [6.07, 6.45) is 0. The molecule has 0 saturated heterocycles. The maximum Gasteiger partial charge on any atom is 0.237 e. The molecule has 19 heavy (non-hydrogen) atoms. The Morgan fingerprint density at radius 2 is 1.53 bits per heavy atom. The first kappa shape index (κ1) is 15.7. The van der Waals surface area contributed by atoms with E-state index < -0.39 is 0 Å². The fourth-order valence-corrected chi connectivity index (χ4v) is 2.22. The van der Waals surface area contributed by atoms with Gasteiger partial charge in [-0.15, -0.1) is 0 Å². The molecular weight excluding hydrogens is 236 g/mol. The van der Waals surface area contributed by atoms with Gasteiger partial charge in [-0.3, -0.25) is 10.1 Å². The van der Waals surface area contributed by atoms with Crippen LogP contribution in [-0.2, 0) is 4.79 Å². The number of rotatable bonds is 5. The van der Waals surface area contributed by atoms with E-state index in [1.54, 1.807) is 0 Å². The predicted octanol–water partition coefficient (Wildman–Crippen LogP) is 2.87. The standard InChI is InChI=1S/C16H26N2O/c1-10(2)17-16(19)14(6)18-13(5)15-8-11(3)7-12(4)9-15/h7-10,13-14,18H,1-6H3,(H,17,19). The van der Waals surface area contributed by atoms with E-state index in [1.807, 2.05) is 20.8 Å². The molecule has 0 bridgehead atoms. The zero-order chi connectivity index (χ0) is 14.6. The maximum absolute atomic E-state index is 11.9. The number of aryl methyl sites for hydroxylation is 2. The Morgan fingerprint density at radius 1 is 1.00 bits per heavy atom. The summed E-state index contributed by atoms with van der Waals surface area (Å²) in [5, 5.41) is 6.26. The monoisotopic (exact) mass is 262 g/mol. The minimum atomic E-state index is -0.196. The lowest BCUT2D eigenvalue weighted by atomic mass is 10.0. The zero-order valence-electron chi connectivity index (χ0n) is 12.9. The van der Waals surface area contributed by atoms with Crippen LogP contribution in [0.25, 0.3) is 0 Å². The summed E-state index contributed by atoms with van der Waals surface area (Å²) < 4.78 is 0. The highest BCUT2D eigenvalue weighted by atomic mass is 16.2. The van der Waals surface area contributed by atoms with E-state index in [-0.39, 0.29) is 24.0 Å². The second kappa shape index (κ2) is 6.71. The van der Waals surface area contributed by atoms with Gasteiger partial charge in [0.1, 0.15) is 0 Å². The van der Waals surface area contributed by atoms with Crippen LogP contribution in [0.5, 0.6) is 0 Å². The van der Waals surface area contributed by atoms with Gasteiger partial charge in [-0.2, -0.15) is 0 Å². The number of benzene rings is 1. The van der Waals surface area contributed by atoms with Crippen LogP contribution in [0.2, 0.25) is 0 Å². The van der Waals surface area contributed by atoms with Crippen LogP contribution in [0.4, 0.5) is 0 Å². The van der Waals surface area contributed by atoms with Crippen molar-refractivity contribution in [2.45, 2.75) is 59.7 Å². The average Bonchev–Trinajstić information content (AvgIpc) is 2.26. The molecule has 0 spiro atoms. The Bertz CT molecular complexity index is 420. The number of amides is 1. The number of carbonyl (C=O) groups is 1. The van der Waals surface area contributed by atoms with Crippen molar-refractivity contribution in [3.05, 3.63) is 34.9 Å². The Kier molecular flexibility index (Phi) is 5.55. The van der Waals surface area contributed by atoms with Gasteiger partial charge in [0, 0.05) is 12.1 Å². The van der Waals surface area contributed by atoms with E-state index in [9.17, 15) is 4.79 Å². The number of nitrogens with one attached hydrogen (secondary N) is 2. The third-order valence-corrected chi connectivity index (χ3v) is 3.07. The van der Waals surface area contributed by atoms with Crippen molar-refractivity contribution in [1.82, 2.24) is 10.6 Å². The van der Waals surface area contributed by atoms with Gasteiger partial charge in [0.15, 0.2) is 0 Å². The van der Waals surface area contributed by atoms with Crippen LogP contribution >= 0.6 is 0 Å². The lowest BCUT2D eigenvalue weighted by Crippen LogP contribution is -2.45. The van der Waals surface area contributed by atoms with Crippen molar-refractivity contribution in [1.29, 1.82) is 0 Å². The Hall–Kier alpha value is -1.35. The van der Waals surface area contributed by atoms with E-state index in [1.165, 1.54) is 16.7 Å². The molecule has 3 nitrogen and oxygen atoms in total. The summed E-state index contributed by atoms with van der Waals surface area (Å²) in [5.74, 6) is 0.0474. The summed E-state index contributed by atoms with van der Waals surface area (Å²) in [6, 6.07) is 6.62. The van der Waals surface area contributed by atoms with Crippen molar-refractivity contribution in [3.63, 3.8) is 0 Å². The molecule has 1 aromatic rings. The van der Waals surface area contributed by atoms with Gasteiger partial charge in [0.25, 0.3) is 0 Å². The third kappa shape index (κ3) is 5.03. The Labute approximate surface area is 116 Å². The van der Waals surface area contributed by atoms with Crippen LogP contribution in [0, 0.1) is 13.8 Å². The van der Waals surface area contributed by atoms with Crippen LogP contribution in [0.15, 0.2) is 18.2 Å². The van der Waals surface area contributed by atoms with Crippen molar-refractivity contribution in [3.8, 4) is 0 Å². The number of hydrogen-bond donors (Lipinski definition) is 2. The normalized spacial score (nSPS) is 14.3. The second-order valence-electron chi connectivity index (χ2n) is 5.69. The van der Waals surface area contributed by atoms with E-state index in [0.717, 1.165) is 0 Å². The van der Waals surface area contributed by atoms with Gasteiger partial charge in [-0.05, 0) is 47.1 Å². The summed E-state index contributed by atoms with van der Waals surface area (Å²) in [4.78, 5) is 11.9. The van der Waals surface area contributed by atoms with E-state index in [4.69, 9.17) is 0 Å². The Morgan fingerprint density at radius 3 is 2.00 bits per heavy atom. The fourth-order valence-electron chi connectivity index (χ4n) is 2.22. The molecule has 0 radical (unpaired) electrons. The molecule has 2 atom stereocenters. The number of carbonyl (C=O) groups excluding carboxylic acids is 1. The summed E-state index contributed by atoms with van der Waals surface area (Å²) in [7, 11) is 0. The molecular formula is C16H26N2O. The van der Waals surface area contributed by atoms with E-state index in [0.29, 0.717) is 0 Å². The van der Waals surface area contributed by atoms with Crippen molar-refractivity contribution in [2.24, 2.45) is 0 Å². The molecule has 1 aromatic carbocycles. The van der Waals surface area contributed by atoms with Crippen LogP contribution in [0.3, 0.4) is 0 Å². The zero-order valence-corrected chi connectivity index (χ0v) is 12.9. The van der Waals surface area contributed by atoms with Crippen molar-refractivity contribution < 1.29 is 4.79 Å². The molecule has 106 valence electrons. The highest BCUT2D eigenvalue weighted by molar-refractivity contribution is 5.81. The van der Waals surface area contributed by atoms with Gasteiger partial charge in [-0.25, -0.2) is 0 Å². The van der Waals surface area contributed by atoms with Gasteiger partial charge >= 0.3 is 0 Å². The van der Waals surface area contributed by atoms with E-state index >= 15 is 0 Å². The van der Waals surface area contributed by atoms with Crippen LogP contribution < -0.4 is 10.6 Å². The fraction of sp³-hybridized carbons (Fsp3) is 0.562. The largest absolute Gasteiger partial charge is 0.353 e. The lowest BCUT2D eigenvalue weighted by molar-refractivity contribution is -0.123. The van der Waals surface area contributed by atoms with Gasteiger partial charge < -0.3 is 5.32 Å². The van der Waals surface area contributed by atoms with Crippen LogP contribution in [0.1, 0.15) is 50.4 Å². The molecule has 1 amide bonds. The van der Waals surface area contributed by atoms with Gasteiger partial charge in [-0.1, -0.05) is 29.3 Å². The molecule has 2 unspecified atom stereocenters. The first-order valence-corrected chi connectivity index (χ1v) is 6.94. The molecule has 3 heteroatoms. The number of hydrogen-bond acceptors (Lipinski definition) is 2. The first-order chi connectivity index (χ1) is 8.79. The van der Waals surface area contributed by atoms with Crippen LogP contribution in [-0.4, -0.2) is 18.0 Å². The summed E-state index contributed by atoms with van der Waals surface area (Å²) in [6.45, 7) is 12.1. The van der Waals surface area contributed by atoms with E-state index in [2.05, 4.69) is 49.6 Å². The summed E-state index contributed by atoms with van der Waals surface area (Å²) >= 11 is 0. The molecule has 0 aliphatic rings. The molecule has 0 saturated carbocycles. The molecule has 0 heterocycles. The average molecular weight is 262 g/mol. The van der Waals surface area contributed by atoms with Crippen molar-refractivity contribution in [2.75, 3.05) is 0 Å². The molecule has 0 aliphatic carbocycles. The minimum absolute atomic E-state index is 0.0474. The smallest absolute Gasteiger partial charge is 0.237 e. The van der Waals surface area contributed by atoms with Crippen molar-refractivity contribution >= 4 is 5.91 Å². The molecule has 1 rings (SSSR count). The third-order valence-electron chi connectivity index (χ3n) is 3.07. The topological polar surface area (TPSA) is 41.1 Å². The second-order valence-corrected chi connectivity index (χ2v) is 5.69. The molecule has 2 N–H and O–H groups in total. The Balaban J connectivity index is 2.68. The minimum Gasteiger partial charge on any atom is -0.353 e.